The van der Waals surface area contributed by atoms with E-state index in [1.54, 1.807) is 0 Å². The van der Waals surface area contributed by atoms with Crippen molar-refractivity contribution in [2.45, 2.75) is 12.3 Å². The van der Waals surface area contributed by atoms with Crippen LogP contribution in [0, 0.1) is 0 Å². The maximum absolute atomic E-state index is 12.5. The summed E-state index contributed by atoms with van der Waals surface area (Å²) in [6, 6.07) is 3.94. The summed E-state index contributed by atoms with van der Waals surface area (Å²) in [6.07, 6.45) is -3.78. The molecule has 1 aromatic rings. The normalized spacial score (nSPS) is 11.9. The molecular formula is C9H8ClF4NO. The van der Waals surface area contributed by atoms with E-state index in [2.05, 4.69) is 4.74 Å². The molecule has 0 radical (unpaired) electrons. The zero-order chi connectivity index (χ0) is 12.3. The number of nitrogen functional groups attached to an aromatic ring is 1. The molecular weight excluding hydrogens is 250 g/mol. The van der Waals surface area contributed by atoms with Gasteiger partial charge >= 0.3 is 12.3 Å². The van der Waals surface area contributed by atoms with Crippen molar-refractivity contribution in [2.75, 3.05) is 12.3 Å². The predicted octanol–water partition coefficient (Wildman–Crippen LogP) is 3.20. The molecule has 0 bridgehead atoms. The minimum atomic E-state index is -4.21. The van der Waals surface area contributed by atoms with Crippen LogP contribution in [0.25, 0.3) is 0 Å². The Kier molecular flexibility index (Phi) is 3.85. The lowest BCUT2D eigenvalue weighted by molar-refractivity contribution is -0.148. The van der Waals surface area contributed by atoms with Crippen molar-refractivity contribution in [1.82, 2.24) is 0 Å². The highest BCUT2D eigenvalue weighted by Gasteiger charge is 2.41. The molecule has 90 valence electrons. The Labute approximate surface area is 93.9 Å². The first-order chi connectivity index (χ1) is 7.33. The quantitative estimate of drug-likeness (QED) is 0.664. The fourth-order valence-electron chi connectivity index (χ4n) is 0.870. The highest BCUT2D eigenvalue weighted by Crippen LogP contribution is 2.29. The van der Waals surface area contributed by atoms with Gasteiger partial charge in [-0.2, -0.15) is 8.78 Å². The van der Waals surface area contributed by atoms with Gasteiger partial charge in [0.1, 0.15) is 5.75 Å². The van der Waals surface area contributed by atoms with E-state index >= 15 is 0 Å². The van der Waals surface area contributed by atoms with E-state index in [4.69, 9.17) is 17.3 Å². The van der Waals surface area contributed by atoms with Gasteiger partial charge in [-0.05, 0) is 12.1 Å². The summed E-state index contributed by atoms with van der Waals surface area (Å²) < 4.78 is 53.2. The Morgan fingerprint density at radius 1 is 1.38 bits per heavy atom. The molecule has 1 rings (SSSR count). The van der Waals surface area contributed by atoms with Gasteiger partial charge in [0.05, 0.1) is 5.69 Å². The third-order valence-electron chi connectivity index (χ3n) is 1.71. The van der Waals surface area contributed by atoms with Crippen molar-refractivity contribution in [1.29, 1.82) is 0 Å². The van der Waals surface area contributed by atoms with Crippen LogP contribution < -0.4 is 10.5 Å². The van der Waals surface area contributed by atoms with Crippen LogP contribution in [0.1, 0.15) is 0 Å². The molecule has 0 aromatic heterocycles. The number of ether oxygens (including phenoxy) is 1. The topological polar surface area (TPSA) is 35.2 Å². The molecule has 0 saturated carbocycles. The van der Waals surface area contributed by atoms with E-state index in [1.807, 2.05) is 0 Å². The monoisotopic (exact) mass is 257 g/mol. The fraction of sp³-hybridized carbons (Fsp3) is 0.333. The average Bonchev–Trinajstić information content (AvgIpc) is 2.19. The Balaban J connectivity index is 2.71. The molecule has 0 atom stereocenters. The number of anilines is 1. The lowest BCUT2D eigenvalue weighted by atomic mass is 10.3. The van der Waals surface area contributed by atoms with Gasteiger partial charge in [-0.25, -0.2) is 8.78 Å². The summed E-state index contributed by atoms with van der Waals surface area (Å²) in [7, 11) is 0. The lowest BCUT2D eigenvalue weighted by Gasteiger charge is -2.16. The van der Waals surface area contributed by atoms with E-state index in [9.17, 15) is 17.6 Å². The largest absolute Gasteiger partial charge is 0.485 e. The first kappa shape index (κ1) is 12.9. The number of hydrogen-bond donors (Lipinski definition) is 1. The smallest absolute Gasteiger partial charge is 0.340 e. The minimum absolute atomic E-state index is 0.0504. The molecule has 0 fully saturated rings. The highest BCUT2D eigenvalue weighted by atomic mass is 35.5. The molecule has 0 saturated heterocycles. The third-order valence-corrected chi connectivity index (χ3v) is 1.95. The van der Waals surface area contributed by atoms with E-state index in [0.717, 1.165) is 0 Å². The Bertz CT molecular complexity index is 373. The highest BCUT2D eigenvalue weighted by molar-refractivity contribution is 6.30. The molecule has 2 N–H and O–H groups in total. The first-order valence-electron chi connectivity index (χ1n) is 4.17. The number of rotatable bonds is 4. The molecule has 0 aliphatic rings. The van der Waals surface area contributed by atoms with Gasteiger partial charge in [0.2, 0.25) is 0 Å². The van der Waals surface area contributed by atoms with Crippen molar-refractivity contribution in [2.24, 2.45) is 0 Å². The summed E-state index contributed by atoms with van der Waals surface area (Å²) in [5.41, 5.74) is 5.43. The van der Waals surface area contributed by atoms with Crippen molar-refractivity contribution < 1.29 is 22.3 Å². The van der Waals surface area contributed by atoms with E-state index in [-0.39, 0.29) is 16.5 Å². The fourth-order valence-corrected chi connectivity index (χ4v) is 1.03. The molecule has 1 aromatic carbocycles. The summed E-state index contributed by atoms with van der Waals surface area (Å²) in [4.78, 5) is 0. The van der Waals surface area contributed by atoms with Crippen LogP contribution in [0.4, 0.5) is 23.2 Å². The van der Waals surface area contributed by atoms with Crippen LogP contribution in [0.5, 0.6) is 5.75 Å². The predicted molar refractivity (Wildman–Crippen MR) is 52.3 cm³/mol. The zero-order valence-corrected chi connectivity index (χ0v) is 8.65. The Hall–Kier alpha value is -1.17. The van der Waals surface area contributed by atoms with Gasteiger partial charge < -0.3 is 10.5 Å². The second-order valence-corrected chi connectivity index (χ2v) is 3.47. The summed E-state index contributed by atoms with van der Waals surface area (Å²) >= 11 is 5.56. The standard InChI is InChI=1S/C9H8ClF4NO/c10-5-1-2-6(15)7(3-5)16-4-9(13,14)8(11)12/h1-3,8H,4,15H2. The Morgan fingerprint density at radius 2 is 2.00 bits per heavy atom. The van der Waals surface area contributed by atoms with Crippen LogP contribution >= 0.6 is 11.6 Å². The summed E-state index contributed by atoms with van der Waals surface area (Å²) in [6.45, 7) is -1.45. The minimum Gasteiger partial charge on any atom is -0.485 e. The molecule has 7 heteroatoms. The van der Waals surface area contributed by atoms with Gasteiger partial charge in [-0.1, -0.05) is 11.6 Å². The average molecular weight is 258 g/mol. The zero-order valence-electron chi connectivity index (χ0n) is 7.89. The number of benzene rings is 1. The van der Waals surface area contributed by atoms with E-state index in [0.29, 0.717) is 0 Å². The van der Waals surface area contributed by atoms with Gasteiger partial charge in [-0.15, -0.1) is 0 Å². The van der Waals surface area contributed by atoms with Crippen LogP contribution in [0.2, 0.25) is 5.02 Å². The van der Waals surface area contributed by atoms with Gasteiger partial charge in [0.15, 0.2) is 6.61 Å². The van der Waals surface area contributed by atoms with Crippen molar-refractivity contribution in [3.63, 3.8) is 0 Å². The first-order valence-corrected chi connectivity index (χ1v) is 4.54. The molecule has 2 nitrogen and oxygen atoms in total. The number of alkyl halides is 4. The molecule has 0 aliphatic heterocycles. The van der Waals surface area contributed by atoms with Crippen molar-refractivity contribution in [3.05, 3.63) is 23.2 Å². The van der Waals surface area contributed by atoms with Crippen molar-refractivity contribution >= 4 is 17.3 Å². The second-order valence-electron chi connectivity index (χ2n) is 3.03. The number of halogens is 5. The maximum Gasteiger partial charge on any atom is 0.340 e. The van der Waals surface area contributed by atoms with E-state index in [1.165, 1.54) is 18.2 Å². The molecule has 0 unspecified atom stereocenters. The molecule has 0 amide bonds. The van der Waals surface area contributed by atoms with Crippen LogP contribution in [0.3, 0.4) is 0 Å². The maximum atomic E-state index is 12.5. The summed E-state index contributed by atoms with van der Waals surface area (Å²) in [5, 5.41) is 0.213. The van der Waals surface area contributed by atoms with Gasteiger partial charge in [-0.3, -0.25) is 0 Å². The van der Waals surface area contributed by atoms with Gasteiger partial charge in [0.25, 0.3) is 0 Å². The summed E-state index contributed by atoms with van der Waals surface area (Å²) in [5.74, 6) is -4.36. The number of nitrogens with two attached hydrogens (primary N) is 1. The SMILES string of the molecule is Nc1ccc(Cl)cc1OCC(F)(F)C(F)F. The van der Waals surface area contributed by atoms with Crippen molar-refractivity contribution in [3.8, 4) is 5.75 Å². The van der Waals surface area contributed by atoms with Gasteiger partial charge in [0, 0.05) is 11.1 Å². The van der Waals surface area contributed by atoms with Crippen LogP contribution in [-0.2, 0) is 0 Å². The Morgan fingerprint density at radius 3 is 2.56 bits per heavy atom. The molecule has 0 spiro atoms. The lowest BCUT2D eigenvalue weighted by Crippen LogP contribution is -2.33. The third kappa shape index (κ3) is 3.16. The number of hydrogen-bond acceptors (Lipinski definition) is 2. The molecule has 0 aliphatic carbocycles. The van der Waals surface area contributed by atoms with Crippen LogP contribution in [-0.4, -0.2) is 19.0 Å². The molecule has 16 heavy (non-hydrogen) atoms. The second kappa shape index (κ2) is 4.78. The van der Waals surface area contributed by atoms with Crippen LogP contribution in [0.15, 0.2) is 18.2 Å². The van der Waals surface area contributed by atoms with E-state index < -0.39 is 19.0 Å². The molecule has 0 heterocycles.